The lowest BCUT2D eigenvalue weighted by Crippen LogP contribution is -2.24. The van der Waals surface area contributed by atoms with Gasteiger partial charge in [0.15, 0.2) is 0 Å². The fourth-order valence-electron chi connectivity index (χ4n) is 2.51. The average molecular weight is 304 g/mol. The first-order valence-electron chi connectivity index (χ1n) is 6.28. The van der Waals surface area contributed by atoms with Gasteiger partial charge >= 0.3 is 0 Å². The van der Waals surface area contributed by atoms with Crippen LogP contribution in [0.25, 0.3) is 0 Å². The van der Waals surface area contributed by atoms with Crippen LogP contribution in [0.4, 0.5) is 0 Å². The smallest absolute Gasteiger partial charge is 0.124 e. The molecule has 2 unspecified atom stereocenters. The molecule has 1 aliphatic heterocycles. The first-order chi connectivity index (χ1) is 8.91. The van der Waals surface area contributed by atoms with E-state index in [1.807, 2.05) is 6.92 Å². The molecule has 0 saturated carbocycles. The van der Waals surface area contributed by atoms with Crippen LogP contribution in [0.5, 0.6) is 0 Å². The second-order valence-electron chi connectivity index (χ2n) is 4.76. The normalized spacial score (nSPS) is 24.4. The molecule has 106 valence electrons. The number of rotatable bonds is 3. The van der Waals surface area contributed by atoms with Crippen molar-refractivity contribution >= 4 is 21.7 Å². The van der Waals surface area contributed by atoms with Crippen LogP contribution in [0.3, 0.4) is 0 Å². The summed E-state index contributed by atoms with van der Waals surface area (Å²) in [5.74, 6) is 0.0103. The van der Waals surface area contributed by atoms with E-state index in [-0.39, 0.29) is 16.9 Å². The lowest BCUT2D eigenvalue weighted by Gasteiger charge is -2.30. The highest BCUT2D eigenvalue weighted by molar-refractivity contribution is 7.85. The highest BCUT2D eigenvalue weighted by atomic mass is 35.5. The summed E-state index contributed by atoms with van der Waals surface area (Å²) in [6.07, 6.45) is 2.41. The fourth-order valence-corrected chi connectivity index (χ4v) is 3.44. The van der Waals surface area contributed by atoms with Crippen molar-refractivity contribution < 1.29 is 17.7 Å². The summed E-state index contributed by atoms with van der Waals surface area (Å²) in [6, 6.07) is 4.33. The van der Waals surface area contributed by atoms with Crippen LogP contribution in [0, 0.1) is 0 Å². The van der Waals surface area contributed by atoms with Gasteiger partial charge in [-0.1, -0.05) is 18.5 Å². The maximum Gasteiger partial charge on any atom is 0.124 e. The Morgan fingerprint density at radius 1 is 1.47 bits per heavy atom. The Kier molecular flexibility index (Phi) is 4.50. The van der Waals surface area contributed by atoms with Crippen molar-refractivity contribution in [1.29, 1.82) is 0 Å². The molecular weight excluding hydrogens is 288 g/mol. The largest absolute Gasteiger partial charge is 0.744 e. The van der Waals surface area contributed by atoms with Gasteiger partial charge in [0.25, 0.3) is 0 Å². The molecule has 1 aliphatic rings. The molecule has 4 nitrogen and oxygen atoms in total. The monoisotopic (exact) mass is 303 g/mol. The van der Waals surface area contributed by atoms with Gasteiger partial charge in [0.2, 0.25) is 0 Å². The molecule has 1 heterocycles. The minimum Gasteiger partial charge on any atom is -0.744 e. The van der Waals surface area contributed by atoms with Crippen LogP contribution in [-0.2, 0) is 14.9 Å². The SMILES string of the molecule is CCC1CC(c2cc(Cl)ccc2S(=O)(=O)[O-])CCO1. The standard InChI is InChI=1S/C13H17ClO4S/c1-2-11-7-9(5-6-18-11)12-8-10(14)3-4-13(12)19(15,16)17/h3-4,8-9,11H,2,5-7H2,1H3,(H,15,16,17)/p-1. The van der Waals surface area contributed by atoms with E-state index in [1.54, 1.807) is 6.07 Å². The van der Waals surface area contributed by atoms with Gasteiger partial charge in [0.1, 0.15) is 10.1 Å². The third-order valence-electron chi connectivity index (χ3n) is 3.50. The van der Waals surface area contributed by atoms with Gasteiger partial charge in [0.05, 0.1) is 11.0 Å². The van der Waals surface area contributed by atoms with Crippen molar-refractivity contribution in [3.05, 3.63) is 28.8 Å². The molecule has 19 heavy (non-hydrogen) atoms. The van der Waals surface area contributed by atoms with E-state index in [4.69, 9.17) is 16.3 Å². The minimum atomic E-state index is -4.47. The van der Waals surface area contributed by atoms with Gasteiger partial charge in [-0.3, -0.25) is 0 Å². The molecule has 0 spiro atoms. The Balaban J connectivity index is 2.40. The second kappa shape index (κ2) is 5.79. The quantitative estimate of drug-likeness (QED) is 0.805. The second-order valence-corrected chi connectivity index (χ2v) is 6.54. The van der Waals surface area contributed by atoms with Crippen LogP contribution in [0.2, 0.25) is 5.02 Å². The predicted molar refractivity (Wildman–Crippen MR) is 71.4 cm³/mol. The zero-order chi connectivity index (χ0) is 14.0. The molecule has 1 saturated heterocycles. The van der Waals surface area contributed by atoms with Gasteiger partial charge in [-0.05, 0) is 48.9 Å². The zero-order valence-corrected chi connectivity index (χ0v) is 12.2. The molecule has 2 atom stereocenters. The van der Waals surface area contributed by atoms with E-state index < -0.39 is 10.1 Å². The van der Waals surface area contributed by atoms with Crippen molar-refractivity contribution in [3.8, 4) is 0 Å². The third-order valence-corrected chi connectivity index (χ3v) is 4.65. The summed E-state index contributed by atoms with van der Waals surface area (Å²) in [5, 5.41) is 0.446. The van der Waals surface area contributed by atoms with E-state index >= 15 is 0 Å². The Morgan fingerprint density at radius 3 is 2.84 bits per heavy atom. The van der Waals surface area contributed by atoms with Crippen LogP contribution in [0.1, 0.15) is 37.7 Å². The zero-order valence-electron chi connectivity index (χ0n) is 10.6. The molecule has 1 aromatic rings. The Morgan fingerprint density at radius 2 is 2.21 bits per heavy atom. The maximum absolute atomic E-state index is 11.3. The van der Waals surface area contributed by atoms with Crippen molar-refractivity contribution in [1.82, 2.24) is 0 Å². The first kappa shape index (κ1) is 14.8. The maximum atomic E-state index is 11.3. The molecule has 1 aromatic carbocycles. The van der Waals surface area contributed by atoms with Crippen LogP contribution >= 0.6 is 11.6 Å². The number of hydrogen-bond acceptors (Lipinski definition) is 4. The molecular formula is C13H16ClO4S-. The van der Waals surface area contributed by atoms with Crippen molar-refractivity contribution in [2.75, 3.05) is 6.61 Å². The molecule has 0 amide bonds. The van der Waals surface area contributed by atoms with Crippen LogP contribution < -0.4 is 0 Å². The summed E-state index contributed by atoms with van der Waals surface area (Å²) in [5.41, 5.74) is 0.532. The summed E-state index contributed by atoms with van der Waals surface area (Å²) in [6.45, 7) is 2.60. The predicted octanol–water partition coefficient (Wildman–Crippen LogP) is 2.92. The lowest BCUT2D eigenvalue weighted by atomic mass is 9.88. The molecule has 1 fully saturated rings. The Labute approximate surface area is 118 Å². The van der Waals surface area contributed by atoms with Crippen molar-refractivity contribution in [2.45, 2.75) is 43.1 Å². The summed E-state index contributed by atoms with van der Waals surface area (Å²) in [7, 11) is -4.47. The van der Waals surface area contributed by atoms with Crippen molar-refractivity contribution in [2.24, 2.45) is 0 Å². The summed E-state index contributed by atoms with van der Waals surface area (Å²) >= 11 is 5.93. The Hall–Kier alpha value is -0.620. The molecule has 0 aromatic heterocycles. The number of ether oxygens (including phenoxy) is 1. The molecule has 0 radical (unpaired) electrons. The van der Waals surface area contributed by atoms with E-state index in [0.29, 0.717) is 23.6 Å². The van der Waals surface area contributed by atoms with Gasteiger partial charge in [-0.15, -0.1) is 0 Å². The van der Waals surface area contributed by atoms with Gasteiger partial charge in [-0.25, -0.2) is 8.42 Å². The topological polar surface area (TPSA) is 66.4 Å². The molecule has 0 N–H and O–H groups in total. The van der Waals surface area contributed by atoms with E-state index in [2.05, 4.69) is 0 Å². The summed E-state index contributed by atoms with van der Waals surface area (Å²) < 4.78 is 39.6. The lowest BCUT2D eigenvalue weighted by molar-refractivity contribution is 0.00443. The highest BCUT2D eigenvalue weighted by Gasteiger charge is 2.26. The average Bonchev–Trinajstić information content (AvgIpc) is 2.37. The Bertz CT molecular complexity index is 556. The van der Waals surface area contributed by atoms with E-state index in [9.17, 15) is 13.0 Å². The van der Waals surface area contributed by atoms with E-state index in [0.717, 1.165) is 12.8 Å². The molecule has 6 heteroatoms. The number of benzene rings is 1. The van der Waals surface area contributed by atoms with Gasteiger partial charge < -0.3 is 9.29 Å². The fraction of sp³-hybridized carbons (Fsp3) is 0.538. The van der Waals surface area contributed by atoms with Gasteiger partial charge in [-0.2, -0.15) is 0 Å². The van der Waals surface area contributed by atoms with Crippen LogP contribution in [0.15, 0.2) is 23.1 Å². The minimum absolute atomic E-state index is 0.0103. The third kappa shape index (κ3) is 3.48. The van der Waals surface area contributed by atoms with Crippen LogP contribution in [-0.4, -0.2) is 25.7 Å². The van der Waals surface area contributed by atoms with Gasteiger partial charge in [0, 0.05) is 11.6 Å². The number of halogens is 1. The molecule has 0 bridgehead atoms. The van der Waals surface area contributed by atoms with E-state index in [1.165, 1.54) is 12.1 Å². The van der Waals surface area contributed by atoms with Crippen molar-refractivity contribution in [3.63, 3.8) is 0 Å². The molecule has 0 aliphatic carbocycles. The first-order valence-corrected chi connectivity index (χ1v) is 8.07. The molecule has 2 rings (SSSR count). The summed E-state index contributed by atoms with van der Waals surface area (Å²) in [4.78, 5) is -0.154. The number of hydrogen-bond donors (Lipinski definition) is 0. The highest BCUT2D eigenvalue weighted by Crippen LogP contribution is 2.36.